The average Bonchev–Trinajstić information content (AvgIpc) is 3.07. The van der Waals surface area contributed by atoms with Gasteiger partial charge in [-0.15, -0.1) is 11.3 Å². The summed E-state index contributed by atoms with van der Waals surface area (Å²) in [6, 6.07) is 6.02. The fraction of sp³-hybridized carbons (Fsp3) is 0.278. The lowest BCUT2D eigenvalue weighted by Gasteiger charge is -2.20. The molecule has 0 saturated heterocycles. The highest BCUT2D eigenvalue weighted by Gasteiger charge is 2.40. The maximum atomic E-state index is 12.9. The summed E-state index contributed by atoms with van der Waals surface area (Å²) in [5, 5.41) is -0.0564. The number of halogens is 1. The zero-order chi connectivity index (χ0) is 18.8. The molecule has 1 amide bonds. The van der Waals surface area contributed by atoms with E-state index in [4.69, 9.17) is 5.73 Å². The number of Topliss-reactive ketones (excluding diaryl/α,β-unsaturated/α-hetero) is 2. The lowest BCUT2D eigenvalue weighted by molar-refractivity contribution is 0.0919. The van der Waals surface area contributed by atoms with Crippen molar-refractivity contribution in [2.75, 3.05) is 6.54 Å². The van der Waals surface area contributed by atoms with E-state index in [1.807, 2.05) is 0 Å². The molecule has 8 heteroatoms. The average molecular weight is 373 g/mol. The number of hydrogen-bond acceptors (Lipinski definition) is 6. The number of carbonyl (C=O) groups excluding carboxylic acids is 3. The molecule has 1 aliphatic carbocycles. The van der Waals surface area contributed by atoms with Crippen LogP contribution < -0.4 is 5.73 Å². The Hall–Kier alpha value is -2.74. The minimum absolute atomic E-state index is 0.0426. The van der Waals surface area contributed by atoms with Crippen LogP contribution in [-0.2, 0) is 6.42 Å². The normalized spacial score (nSPS) is 18.2. The largest absolute Gasteiger partial charge is 0.364 e. The smallest absolute Gasteiger partial charge is 0.277 e. The number of aliphatic imine (C=N–C) groups is 1. The van der Waals surface area contributed by atoms with Gasteiger partial charge in [-0.05, 0) is 30.5 Å². The van der Waals surface area contributed by atoms with E-state index >= 15 is 0 Å². The molecule has 0 saturated carbocycles. The van der Waals surface area contributed by atoms with Crippen molar-refractivity contribution in [3.63, 3.8) is 0 Å². The topological polar surface area (TPSA) is 102 Å². The lowest BCUT2D eigenvalue weighted by atomic mass is 9.85. The Balaban J connectivity index is 1.87. The van der Waals surface area contributed by atoms with Crippen LogP contribution in [0.3, 0.4) is 0 Å². The van der Waals surface area contributed by atoms with Crippen LogP contribution in [0.5, 0.6) is 0 Å². The lowest BCUT2D eigenvalue weighted by Crippen LogP contribution is -2.36. The molecular formula is C18H16FN3O3S. The molecule has 6 nitrogen and oxygen atoms in total. The van der Waals surface area contributed by atoms with Crippen LogP contribution in [0.25, 0.3) is 0 Å². The number of nitrogens with two attached hydrogens (primary N) is 1. The summed E-state index contributed by atoms with van der Waals surface area (Å²) in [7, 11) is 0. The Morgan fingerprint density at radius 2 is 2.00 bits per heavy atom. The molecule has 2 N–H and O–H groups in total. The van der Waals surface area contributed by atoms with Crippen LogP contribution in [-0.4, -0.2) is 34.7 Å². The summed E-state index contributed by atoms with van der Waals surface area (Å²) < 4.78 is 12.9. The minimum Gasteiger partial charge on any atom is -0.364 e. The second-order valence-electron chi connectivity index (χ2n) is 5.86. The van der Waals surface area contributed by atoms with Gasteiger partial charge in [-0.25, -0.2) is 9.37 Å². The number of hydrogen-bond donors (Lipinski definition) is 1. The monoisotopic (exact) mass is 373 g/mol. The van der Waals surface area contributed by atoms with E-state index in [9.17, 15) is 18.8 Å². The number of nitrogens with zero attached hydrogens (tertiary/aromatic N) is 2. The van der Waals surface area contributed by atoms with Crippen molar-refractivity contribution >= 4 is 34.5 Å². The third kappa shape index (κ3) is 3.32. The first kappa shape index (κ1) is 18.1. The molecule has 1 unspecified atom stereocenters. The van der Waals surface area contributed by atoms with Crippen molar-refractivity contribution in [3.8, 4) is 0 Å². The number of primary amides is 1. The molecule has 1 aromatic carbocycles. The summed E-state index contributed by atoms with van der Waals surface area (Å²) >= 11 is 0.852. The van der Waals surface area contributed by atoms with E-state index in [0.29, 0.717) is 19.4 Å². The molecule has 1 heterocycles. The number of aromatic nitrogens is 1. The van der Waals surface area contributed by atoms with Crippen LogP contribution >= 0.6 is 11.3 Å². The maximum absolute atomic E-state index is 12.9. The van der Waals surface area contributed by atoms with Crippen LogP contribution in [0.2, 0.25) is 0 Å². The molecule has 1 atom stereocenters. The molecule has 0 spiro atoms. The van der Waals surface area contributed by atoms with Gasteiger partial charge in [0.15, 0.2) is 10.8 Å². The molecule has 0 aliphatic heterocycles. The first-order valence-electron chi connectivity index (χ1n) is 8.10. The third-order valence-corrected chi connectivity index (χ3v) is 5.24. The first-order chi connectivity index (χ1) is 12.4. The van der Waals surface area contributed by atoms with Gasteiger partial charge in [-0.1, -0.05) is 19.1 Å². The van der Waals surface area contributed by atoms with Gasteiger partial charge in [0.2, 0.25) is 5.78 Å². The maximum Gasteiger partial charge on any atom is 0.277 e. The Morgan fingerprint density at radius 3 is 2.62 bits per heavy atom. The number of benzene rings is 1. The summed E-state index contributed by atoms with van der Waals surface area (Å²) in [5.41, 5.74) is 6.20. The van der Waals surface area contributed by atoms with E-state index in [1.165, 1.54) is 12.1 Å². The molecule has 0 bridgehead atoms. The van der Waals surface area contributed by atoms with Crippen molar-refractivity contribution in [1.82, 2.24) is 4.98 Å². The van der Waals surface area contributed by atoms with Crippen LogP contribution in [0.15, 0.2) is 29.3 Å². The van der Waals surface area contributed by atoms with Gasteiger partial charge in [0.1, 0.15) is 16.4 Å². The van der Waals surface area contributed by atoms with Crippen molar-refractivity contribution in [2.45, 2.75) is 19.8 Å². The molecular weight excluding hydrogens is 357 g/mol. The third-order valence-electron chi connectivity index (χ3n) is 4.16. The Morgan fingerprint density at radius 1 is 1.31 bits per heavy atom. The predicted octanol–water partition coefficient (Wildman–Crippen LogP) is 2.47. The molecule has 0 fully saturated rings. The van der Waals surface area contributed by atoms with E-state index in [0.717, 1.165) is 16.9 Å². The second-order valence-corrected chi connectivity index (χ2v) is 6.86. The fourth-order valence-corrected chi connectivity index (χ4v) is 3.73. The summed E-state index contributed by atoms with van der Waals surface area (Å²) in [6.07, 6.45) is 0.932. The first-order valence-corrected chi connectivity index (χ1v) is 8.92. The Kier molecular flexibility index (Phi) is 5.03. The minimum atomic E-state index is -0.771. The SMILES string of the molecule is CCC1C(=O)c2sc(C(N)=O)nc2C(=O)C1=NCCc1ccc(F)cc1. The van der Waals surface area contributed by atoms with Crippen molar-refractivity contribution in [2.24, 2.45) is 16.6 Å². The van der Waals surface area contributed by atoms with Gasteiger partial charge in [0.05, 0.1) is 11.6 Å². The molecule has 1 aliphatic rings. The number of thiazole rings is 1. The molecule has 2 aromatic rings. The van der Waals surface area contributed by atoms with E-state index in [1.54, 1.807) is 19.1 Å². The standard InChI is InChI=1S/C18H16FN3O3S/c1-2-11-12(21-8-7-9-3-5-10(19)6-4-9)15(24)13-16(14(11)23)26-18(22-13)17(20)25/h3-6,11H,2,7-8H2,1H3,(H2,20,25). The van der Waals surface area contributed by atoms with Crippen molar-refractivity contribution in [3.05, 3.63) is 51.2 Å². The van der Waals surface area contributed by atoms with Crippen LogP contribution in [0, 0.1) is 11.7 Å². The number of carbonyl (C=O) groups is 3. The Bertz CT molecular complexity index is 918. The van der Waals surface area contributed by atoms with Gasteiger partial charge in [0.25, 0.3) is 5.91 Å². The zero-order valence-corrected chi connectivity index (χ0v) is 14.8. The highest BCUT2D eigenvalue weighted by Crippen LogP contribution is 2.30. The predicted molar refractivity (Wildman–Crippen MR) is 95.5 cm³/mol. The summed E-state index contributed by atoms with van der Waals surface area (Å²) in [5.74, 6) is -2.43. The zero-order valence-electron chi connectivity index (χ0n) is 14.0. The van der Waals surface area contributed by atoms with E-state index in [-0.39, 0.29) is 32.9 Å². The number of amides is 1. The molecule has 26 heavy (non-hydrogen) atoms. The fourth-order valence-electron chi connectivity index (χ4n) is 2.83. The van der Waals surface area contributed by atoms with Crippen LogP contribution in [0.4, 0.5) is 4.39 Å². The molecule has 134 valence electrons. The van der Waals surface area contributed by atoms with E-state index in [2.05, 4.69) is 9.98 Å². The van der Waals surface area contributed by atoms with E-state index < -0.39 is 17.6 Å². The highest BCUT2D eigenvalue weighted by molar-refractivity contribution is 7.16. The quantitative estimate of drug-likeness (QED) is 0.869. The van der Waals surface area contributed by atoms with Crippen molar-refractivity contribution in [1.29, 1.82) is 0 Å². The van der Waals surface area contributed by atoms with Crippen LogP contribution in [0.1, 0.15) is 48.9 Å². The number of fused-ring (bicyclic) bond motifs is 1. The van der Waals surface area contributed by atoms with Gasteiger partial charge >= 0.3 is 0 Å². The Labute approximate surface area is 153 Å². The van der Waals surface area contributed by atoms with Gasteiger partial charge < -0.3 is 5.73 Å². The second kappa shape index (κ2) is 7.25. The summed E-state index contributed by atoms with van der Waals surface area (Å²) in [6.45, 7) is 2.09. The van der Waals surface area contributed by atoms with Gasteiger partial charge in [-0.2, -0.15) is 0 Å². The van der Waals surface area contributed by atoms with Gasteiger partial charge in [-0.3, -0.25) is 19.4 Å². The molecule has 1 aromatic heterocycles. The summed E-state index contributed by atoms with van der Waals surface area (Å²) in [4.78, 5) is 45.1. The molecule has 0 radical (unpaired) electrons. The van der Waals surface area contributed by atoms with Crippen molar-refractivity contribution < 1.29 is 18.8 Å². The number of ketones is 2. The highest BCUT2D eigenvalue weighted by atomic mass is 32.1. The molecule has 3 rings (SSSR count). The number of rotatable bonds is 5. The van der Waals surface area contributed by atoms with Gasteiger partial charge in [0, 0.05) is 6.54 Å².